The molecule has 2 atom stereocenters. The van der Waals surface area contributed by atoms with Gasteiger partial charge in [0.25, 0.3) is 17.4 Å². The molecule has 4 aromatic rings. The van der Waals surface area contributed by atoms with Crippen LogP contribution in [0.25, 0.3) is 10.9 Å². The van der Waals surface area contributed by atoms with Gasteiger partial charge in [-0.25, -0.2) is 9.37 Å². The first-order chi connectivity index (χ1) is 31.6. The predicted octanol–water partition coefficient (Wildman–Crippen LogP) is 5.83. The number of likely N-dealkylation sites (tertiary alicyclic amines) is 1. The Morgan fingerprint density at radius 2 is 1.79 bits per heavy atom. The summed E-state index contributed by atoms with van der Waals surface area (Å²) in [6, 6.07) is 10.2. The topological polar surface area (TPSA) is 180 Å². The number of aromatic nitrogens is 3. The van der Waals surface area contributed by atoms with Gasteiger partial charge in [-0.05, 0) is 106 Å². The van der Waals surface area contributed by atoms with Gasteiger partial charge in [0.1, 0.15) is 16.9 Å². The van der Waals surface area contributed by atoms with E-state index in [2.05, 4.69) is 44.6 Å². The molecule has 3 saturated heterocycles. The maximum absolute atomic E-state index is 16.3. The van der Waals surface area contributed by atoms with E-state index in [0.29, 0.717) is 45.2 Å². The predicted molar refractivity (Wildman–Crippen MR) is 247 cm³/mol. The normalized spacial score (nSPS) is 23.5. The van der Waals surface area contributed by atoms with E-state index in [0.717, 1.165) is 69.2 Å². The fraction of sp³-hybridized carbons (Fsp3) is 0.521. The minimum Gasteiger partial charge on any atom is -0.478 e. The summed E-state index contributed by atoms with van der Waals surface area (Å²) < 4.78 is 30.2. The van der Waals surface area contributed by atoms with Crippen LogP contribution in [0.2, 0.25) is 5.02 Å². The van der Waals surface area contributed by atoms with Crippen LogP contribution in [0.4, 0.5) is 21.8 Å². The Kier molecular flexibility index (Phi) is 12.6. The molecular formula is C48H57ClFN9O7. The summed E-state index contributed by atoms with van der Waals surface area (Å²) in [6.45, 7) is 11.1. The van der Waals surface area contributed by atoms with Gasteiger partial charge in [0.15, 0.2) is 18.2 Å². The first kappa shape index (κ1) is 45.5. The van der Waals surface area contributed by atoms with Gasteiger partial charge in [0.2, 0.25) is 17.8 Å². The third-order valence-corrected chi connectivity index (χ3v) is 14.4. The first-order valence-electron chi connectivity index (χ1n) is 23.0. The Balaban J connectivity index is 0.767. The number of ether oxygens (including phenoxy) is 2. The monoisotopic (exact) mass is 925 g/mol. The quantitative estimate of drug-likeness (QED) is 0.145. The van der Waals surface area contributed by atoms with Crippen molar-refractivity contribution in [1.82, 2.24) is 35.0 Å². The van der Waals surface area contributed by atoms with E-state index in [1.165, 1.54) is 11.9 Å². The number of carbonyl (C=O) groups excluding carboxylic acids is 4. The maximum Gasteiger partial charge on any atom is 0.293 e. The lowest BCUT2D eigenvalue weighted by Gasteiger charge is -2.51. The van der Waals surface area contributed by atoms with Crippen molar-refractivity contribution in [2.45, 2.75) is 115 Å². The average Bonchev–Trinajstić information content (AvgIpc) is 3.60. The Labute approximate surface area is 387 Å². The van der Waals surface area contributed by atoms with Crippen LogP contribution in [0.1, 0.15) is 106 Å². The molecule has 4 aliphatic heterocycles. The number of piperidine rings is 3. The van der Waals surface area contributed by atoms with Crippen LogP contribution in [0.3, 0.4) is 0 Å². The fourth-order valence-corrected chi connectivity index (χ4v) is 10.7. The molecule has 0 bridgehead atoms. The summed E-state index contributed by atoms with van der Waals surface area (Å²) in [6.07, 6.45) is 6.68. The van der Waals surface area contributed by atoms with E-state index in [1.807, 2.05) is 32.0 Å². The first-order valence-corrected chi connectivity index (χ1v) is 23.4. The summed E-state index contributed by atoms with van der Waals surface area (Å²) in [4.78, 5) is 78.1. The molecule has 1 aliphatic carbocycles. The van der Waals surface area contributed by atoms with Crippen molar-refractivity contribution in [2.24, 2.45) is 5.41 Å². The van der Waals surface area contributed by atoms with E-state index in [9.17, 15) is 24.0 Å². The molecule has 0 spiro atoms. The zero-order valence-corrected chi connectivity index (χ0v) is 38.8. The molecule has 1 saturated carbocycles. The second-order valence-corrected chi connectivity index (χ2v) is 19.7. The molecule has 350 valence electrons. The number of imide groups is 1. The average molecular weight is 926 g/mol. The molecule has 66 heavy (non-hydrogen) atoms. The molecule has 2 aromatic carbocycles. The van der Waals surface area contributed by atoms with Gasteiger partial charge in [-0.2, -0.15) is 4.98 Å². The molecule has 2 aromatic heterocycles. The molecule has 0 unspecified atom stereocenters. The van der Waals surface area contributed by atoms with E-state index in [1.54, 1.807) is 29.0 Å². The SMILES string of the molecule is CNC(=O)COc1cc2cc(Nc3nc(N4CCC(O[C@H]5C[C@H](N6CC[C@H](c7ccc8c(c7F)CN([C@H]7CCC(=O)NC7=O)C8=O)C(C)(C)C6)C5)CC4)ncc3Cl)ccc2n(C(C)C)c1=O. The lowest BCUT2D eigenvalue weighted by molar-refractivity contribution is -0.137. The summed E-state index contributed by atoms with van der Waals surface area (Å²) in [5.74, 6) is -0.846. The third kappa shape index (κ3) is 8.84. The Morgan fingerprint density at radius 3 is 2.50 bits per heavy atom. The molecule has 18 heteroatoms. The van der Waals surface area contributed by atoms with Gasteiger partial charge in [0, 0.05) is 67.4 Å². The van der Waals surface area contributed by atoms with E-state index >= 15 is 4.39 Å². The van der Waals surface area contributed by atoms with Crippen molar-refractivity contribution in [3.8, 4) is 5.75 Å². The molecule has 0 radical (unpaired) electrons. The highest BCUT2D eigenvalue weighted by Gasteiger charge is 2.46. The Morgan fingerprint density at radius 1 is 1.02 bits per heavy atom. The minimum absolute atomic E-state index is 0.0245. The minimum atomic E-state index is -0.782. The van der Waals surface area contributed by atoms with Gasteiger partial charge >= 0.3 is 0 Å². The number of halogens is 2. The van der Waals surface area contributed by atoms with Gasteiger partial charge < -0.3 is 34.5 Å². The highest BCUT2D eigenvalue weighted by atomic mass is 35.5. The maximum atomic E-state index is 16.3. The molecule has 9 rings (SSSR count). The molecule has 16 nitrogen and oxygen atoms in total. The number of rotatable bonds is 12. The molecular weight excluding hydrogens is 869 g/mol. The summed E-state index contributed by atoms with van der Waals surface area (Å²) >= 11 is 6.61. The highest BCUT2D eigenvalue weighted by Crippen LogP contribution is 2.47. The van der Waals surface area contributed by atoms with Crippen molar-refractivity contribution in [3.05, 3.63) is 80.5 Å². The molecule has 4 amide bonds. The lowest BCUT2D eigenvalue weighted by Crippen LogP contribution is -2.55. The Hall–Kier alpha value is -5.65. The second-order valence-electron chi connectivity index (χ2n) is 19.3. The van der Waals surface area contributed by atoms with Crippen LogP contribution in [0.5, 0.6) is 5.75 Å². The number of nitrogens with one attached hydrogen (secondary N) is 3. The van der Waals surface area contributed by atoms with Gasteiger partial charge in [-0.3, -0.25) is 34.2 Å². The van der Waals surface area contributed by atoms with Crippen LogP contribution in [0.15, 0.2) is 47.4 Å². The van der Waals surface area contributed by atoms with E-state index in [-0.39, 0.29) is 90.4 Å². The number of likely N-dealkylation sites (N-methyl/N-ethyl adjacent to an activating group) is 1. The lowest BCUT2D eigenvalue weighted by atomic mass is 9.69. The largest absolute Gasteiger partial charge is 0.478 e. The molecule has 4 fully saturated rings. The van der Waals surface area contributed by atoms with Gasteiger partial charge in [-0.1, -0.05) is 31.5 Å². The van der Waals surface area contributed by atoms with E-state index in [4.69, 9.17) is 26.1 Å². The number of carbonyl (C=O) groups is 4. The number of amides is 4. The summed E-state index contributed by atoms with van der Waals surface area (Å²) in [5, 5.41) is 9.25. The zero-order valence-electron chi connectivity index (χ0n) is 38.0. The highest BCUT2D eigenvalue weighted by molar-refractivity contribution is 6.33. The van der Waals surface area contributed by atoms with Crippen LogP contribution >= 0.6 is 11.6 Å². The van der Waals surface area contributed by atoms with Crippen molar-refractivity contribution in [2.75, 3.05) is 50.1 Å². The Bertz CT molecular complexity index is 2640. The number of hydrogen-bond acceptors (Lipinski definition) is 12. The number of nitrogens with zero attached hydrogens (tertiary/aromatic N) is 6. The summed E-state index contributed by atoms with van der Waals surface area (Å²) in [7, 11) is 1.51. The smallest absolute Gasteiger partial charge is 0.293 e. The third-order valence-electron chi connectivity index (χ3n) is 14.2. The van der Waals surface area contributed by atoms with Crippen LogP contribution in [0, 0.1) is 11.2 Å². The molecule has 3 N–H and O–H groups in total. The van der Waals surface area contributed by atoms with Gasteiger partial charge in [-0.15, -0.1) is 0 Å². The van der Waals surface area contributed by atoms with Crippen molar-refractivity contribution >= 4 is 63.6 Å². The molecule has 6 heterocycles. The van der Waals surface area contributed by atoms with Crippen LogP contribution in [-0.4, -0.2) is 112 Å². The number of hydrogen-bond donors (Lipinski definition) is 3. The van der Waals surface area contributed by atoms with Gasteiger partial charge in [0.05, 0.1) is 30.5 Å². The number of benzene rings is 2. The second kappa shape index (κ2) is 18.2. The van der Waals surface area contributed by atoms with Crippen LogP contribution < -0.4 is 31.1 Å². The standard InChI is InChI=1S/C48H57ClFN9O7/c1-26(2)59-37-9-6-28(18-27(37)19-39(46(59)64)65-24-41(61)51-5)53-43-36(49)22-52-47(55-43)56-15-12-30(13-16-56)66-31-20-29(21-31)57-17-14-35(48(3,4)25-57)33-8-7-32-34(42(33)50)23-58(45(32)63)38-10-11-40(60)54-44(38)62/h6-9,18-19,22,26,29-31,35,38H,10-17,20-21,23-25H2,1-5H3,(H,51,61)(H,52,53,55)(H,54,60,62)/t29-,31-,35-,38+/m1/s1. The zero-order chi connectivity index (χ0) is 46.6. The van der Waals surface area contributed by atoms with E-state index < -0.39 is 11.9 Å². The van der Waals surface area contributed by atoms with Crippen molar-refractivity contribution in [1.29, 1.82) is 0 Å². The molecule has 5 aliphatic rings. The summed E-state index contributed by atoms with van der Waals surface area (Å²) in [5.41, 5.74) is 2.16. The number of pyridine rings is 1. The van der Waals surface area contributed by atoms with Crippen LogP contribution in [-0.2, 0) is 25.7 Å². The van der Waals surface area contributed by atoms with Crippen molar-refractivity contribution < 1.29 is 33.0 Å². The fourth-order valence-electron chi connectivity index (χ4n) is 10.6. The van der Waals surface area contributed by atoms with Crippen molar-refractivity contribution in [3.63, 3.8) is 0 Å². The number of fused-ring (bicyclic) bond motifs is 2. The number of anilines is 3.